The number of anilines is 1. The lowest BCUT2D eigenvalue weighted by Crippen LogP contribution is -2.42. The Morgan fingerprint density at radius 3 is 2.52 bits per heavy atom. The van der Waals surface area contributed by atoms with E-state index in [1.165, 1.54) is 16.2 Å². The fraction of sp³-hybridized carbons (Fsp3) is 0.360. The quantitative estimate of drug-likeness (QED) is 0.570. The second-order valence-corrected chi connectivity index (χ2v) is 11.8. The summed E-state index contributed by atoms with van der Waals surface area (Å²) in [5.74, 6) is -0.153. The van der Waals surface area contributed by atoms with Gasteiger partial charge in [0, 0.05) is 28.4 Å². The number of thioether (sulfide) groups is 1. The van der Waals surface area contributed by atoms with Crippen molar-refractivity contribution < 1.29 is 9.59 Å². The zero-order valence-electron chi connectivity index (χ0n) is 17.8. The zero-order chi connectivity index (χ0) is 22.4. The number of carbonyl (C=O) groups is 2. The Kier molecular flexibility index (Phi) is 4.13. The molecule has 2 aliphatic heterocycles. The lowest BCUT2D eigenvalue weighted by molar-refractivity contribution is -0.123. The Labute approximate surface area is 198 Å². The second kappa shape index (κ2) is 6.90. The maximum absolute atomic E-state index is 13.7. The van der Waals surface area contributed by atoms with Crippen LogP contribution in [0.4, 0.5) is 5.69 Å². The molecule has 1 saturated heterocycles. The van der Waals surface area contributed by atoms with E-state index in [0.29, 0.717) is 5.69 Å². The molecule has 6 nitrogen and oxygen atoms in total. The van der Waals surface area contributed by atoms with Crippen molar-refractivity contribution in [2.75, 3.05) is 4.90 Å². The predicted molar refractivity (Wildman–Crippen MR) is 126 cm³/mol. The standard InChI is InChI=1S/C25H21N3O3S2/c1-11-4-6-13(7-5-11)28-23(29)18-14-9-15(19(18)24(28)30)20-17(14)16(12-3-2-8-26-10-12)21-22(32-20)27-25(31)33-21/h2-8,10,14-20H,9H2,1H3,(H,27,31)/t14-,15-,16-,17-,18-,19-,20+/m0/s1. The van der Waals surface area contributed by atoms with Crippen molar-refractivity contribution in [3.8, 4) is 0 Å². The molecule has 3 fully saturated rings. The van der Waals surface area contributed by atoms with Crippen molar-refractivity contribution in [3.63, 3.8) is 0 Å². The number of benzene rings is 1. The minimum absolute atomic E-state index is 0.0242. The Balaban J connectivity index is 1.33. The molecule has 2 amide bonds. The van der Waals surface area contributed by atoms with Crippen LogP contribution in [-0.2, 0) is 9.59 Å². The Bertz CT molecular complexity index is 1350. The van der Waals surface area contributed by atoms with Crippen molar-refractivity contribution in [2.45, 2.75) is 29.5 Å². The van der Waals surface area contributed by atoms with E-state index in [9.17, 15) is 14.4 Å². The lowest BCUT2D eigenvalue weighted by Gasteiger charge is -2.42. The van der Waals surface area contributed by atoms with Crippen LogP contribution in [0, 0.1) is 36.5 Å². The summed E-state index contributed by atoms with van der Waals surface area (Å²) in [6, 6.07) is 11.6. The number of fused-ring (bicyclic) bond motifs is 9. The molecule has 1 N–H and O–H groups in total. The Hall–Kier alpha value is -2.71. The third-order valence-corrected chi connectivity index (χ3v) is 10.6. The molecule has 0 unspecified atom stereocenters. The summed E-state index contributed by atoms with van der Waals surface area (Å²) in [5.41, 5.74) is 2.85. The zero-order valence-corrected chi connectivity index (χ0v) is 19.4. The van der Waals surface area contributed by atoms with E-state index < -0.39 is 0 Å². The van der Waals surface area contributed by atoms with Gasteiger partial charge in [-0.3, -0.25) is 24.3 Å². The maximum atomic E-state index is 13.7. The molecule has 4 aliphatic rings. The molecule has 8 heteroatoms. The molecule has 2 aliphatic carbocycles. The number of rotatable bonds is 2. The van der Waals surface area contributed by atoms with Gasteiger partial charge in [0.15, 0.2) is 0 Å². The monoisotopic (exact) mass is 475 g/mol. The van der Waals surface area contributed by atoms with E-state index in [1.807, 2.05) is 43.5 Å². The molecule has 2 aromatic heterocycles. The second-order valence-electron chi connectivity index (χ2n) is 9.59. The highest BCUT2D eigenvalue weighted by atomic mass is 32.2. The number of aromatic nitrogens is 2. The van der Waals surface area contributed by atoms with Crippen LogP contribution in [0.25, 0.3) is 0 Å². The summed E-state index contributed by atoms with van der Waals surface area (Å²) in [6.07, 6.45) is 4.54. The van der Waals surface area contributed by atoms with Gasteiger partial charge in [-0.1, -0.05) is 35.1 Å². The normalized spacial score (nSPS) is 33.8. The highest BCUT2D eigenvalue weighted by molar-refractivity contribution is 8.00. The fourth-order valence-electron chi connectivity index (χ4n) is 6.90. The lowest BCUT2D eigenvalue weighted by atomic mass is 9.68. The molecule has 33 heavy (non-hydrogen) atoms. The number of hydrogen-bond donors (Lipinski definition) is 1. The SMILES string of the molecule is Cc1ccc(N2C(=O)[C@H]3[C@@H]4C[C@H]([C@@H]3C2=O)[C@H]2[C@H](c3cccnc3)c3sc(=O)[nH]c3S[C@H]42)cc1. The van der Waals surface area contributed by atoms with E-state index in [1.54, 1.807) is 18.0 Å². The van der Waals surface area contributed by atoms with Gasteiger partial charge in [0.25, 0.3) is 0 Å². The van der Waals surface area contributed by atoms with Crippen LogP contribution in [0.5, 0.6) is 0 Å². The number of aryl methyl sites for hydroxylation is 1. The molecule has 0 spiro atoms. The number of hydrogen-bond acceptors (Lipinski definition) is 6. The number of imide groups is 1. The molecular formula is C25H21N3O3S2. The van der Waals surface area contributed by atoms with Gasteiger partial charge in [-0.25, -0.2) is 0 Å². The molecule has 4 heterocycles. The van der Waals surface area contributed by atoms with Crippen LogP contribution < -0.4 is 9.77 Å². The average molecular weight is 476 g/mol. The smallest absolute Gasteiger partial charge is 0.305 e. The number of H-pyrrole nitrogens is 1. The van der Waals surface area contributed by atoms with Crippen LogP contribution in [0.15, 0.2) is 58.6 Å². The molecule has 7 rings (SSSR count). The number of aromatic amines is 1. The molecule has 7 atom stereocenters. The molecule has 166 valence electrons. The third-order valence-electron chi connectivity index (χ3n) is 8.06. The van der Waals surface area contributed by atoms with E-state index in [2.05, 4.69) is 16.0 Å². The molecule has 1 aromatic carbocycles. The summed E-state index contributed by atoms with van der Waals surface area (Å²) < 4.78 is 0. The van der Waals surface area contributed by atoms with Crippen LogP contribution >= 0.6 is 23.1 Å². The van der Waals surface area contributed by atoms with Crippen LogP contribution in [-0.4, -0.2) is 27.0 Å². The first-order valence-electron chi connectivity index (χ1n) is 11.3. The summed E-state index contributed by atoms with van der Waals surface area (Å²) in [6.45, 7) is 2.00. The van der Waals surface area contributed by atoms with E-state index >= 15 is 0 Å². The minimum atomic E-state index is -0.276. The van der Waals surface area contributed by atoms with Gasteiger partial charge >= 0.3 is 4.87 Å². The first-order valence-corrected chi connectivity index (χ1v) is 13.0. The summed E-state index contributed by atoms with van der Waals surface area (Å²) in [4.78, 5) is 49.3. The van der Waals surface area contributed by atoms with Crippen LogP contribution in [0.1, 0.15) is 28.3 Å². The van der Waals surface area contributed by atoms with E-state index in [0.717, 1.165) is 27.5 Å². The van der Waals surface area contributed by atoms with Crippen molar-refractivity contribution in [2.24, 2.45) is 29.6 Å². The number of carbonyl (C=O) groups excluding carboxylic acids is 2. The number of amides is 2. The largest absolute Gasteiger partial charge is 0.307 e. The maximum Gasteiger partial charge on any atom is 0.305 e. The van der Waals surface area contributed by atoms with Crippen molar-refractivity contribution in [1.29, 1.82) is 0 Å². The van der Waals surface area contributed by atoms with Crippen molar-refractivity contribution in [1.82, 2.24) is 9.97 Å². The van der Waals surface area contributed by atoms with Gasteiger partial charge in [-0.2, -0.15) is 0 Å². The van der Waals surface area contributed by atoms with Crippen molar-refractivity contribution >= 4 is 40.6 Å². The average Bonchev–Trinajstić information content (AvgIpc) is 3.54. The molecule has 2 saturated carbocycles. The number of pyridine rings is 1. The number of nitrogens with zero attached hydrogens (tertiary/aromatic N) is 2. The van der Waals surface area contributed by atoms with E-state index in [-0.39, 0.29) is 57.4 Å². The molecular weight excluding hydrogens is 454 g/mol. The van der Waals surface area contributed by atoms with Gasteiger partial charge in [0.05, 0.1) is 22.5 Å². The highest BCUT2D eigenvalue weighted by Gasteiger charge is 2.69. The number of nitrogens with one attached hydrogen (secondary N) is 1. The minimum Gasteiger partial charge on any atom is -0.307 e. The van der Waals surface area contributed by atoms with Gasteiger partial charge in [0.1, 0.15) is 0 Å². The number of thiazole rings is 1. The van der Waals surface area contributed by atoms with Crippen LogP contribution in [0.2, 0.25) is 0 Å². The van der Waals surface area contributed by atoms with Gasteiger partial charge < -0.3 is 4.98 Å². The summed E-state index contributed by atoms with van der Waals surface area (Å²) in [5, 5.41) is 1.13. The van der Waals surface area contributed by atoms with E-state index in [4.69, 9.17) is 0 Å². The molecule has 2 bridgehead atoms. The topological polar surface area (TPSA) is 83.1 Å². The summed E-state index contributed by atoms with van der Waals surface area (Å²) in [7, 11) is 0. The van der Waals surface area contributed by atoms with Crippen molar-refractivity contribution in [3.05, 3.63) is 74.5 Å². The Morgan fingerprint density at radius 2 is 1.79 bits per heavy atom. The molecule has 0 radical (unpaired) electrons. The van der Waals surface area contributed by atoms with Crippen LogP contribution in [0.3, 0.4) is 0 Å². The van der Waals surface area contributed by atoms with Gasteiger partial charge in [-0.05, 0) is 54.9 Å². The first kappa shape index (κ1) is 19.7. The fourth-order valence-corrected chi connectivity index (χ4v) is 9.79. The highest BCUT2D eigenvalue weighted by Crippen LogP contribution is 2.68. The first-order chi connectivity index (χ1) is 16.0. The van der Waals surface area contributed by atoms with Gasteiger partial charge in [0.2, 0.25) is 11.8 Å². The molecule has 3 aromatic rings. The predicted octanol–water partition coefficient (Wildman–Crippen LogP) is 3.82. The van der Waals surface area contributed by atoms with Gasteiger partial charge in [-0.15, -0.1) is 11.8 Å². The third kappa shape index (κ3) is 2.62. The summed E-state index contributed by atoms with van der Waals surface area (Å²) >= 11 is 2.99. The Morgan fingerprint density at radius 1 is 1.03 bits per heavy atom.